The van der Waals surface area contributed by atoms with Crippen LogP contribution in [0.1, 0.15) is 24.8 Å². The van der Waals surface area contributed by atoms with E-state index in [4.69, 9.17) is 0 Å². The fourth-order valence-electron chi connectivity index (χ4n) is 1.20. The van der Waals surface area contributed by atoms with E-state index in [9.17, 15) is 4.21 Å². The van der Waals surface area contributed by atoms with Crippen molar-refractivity contribution in [2.75, 3.05) is 18.1 Å². The monoisotopic (exact) mass is 309 g/mol. The van der Waals surface area contributed by atoms with Crippen LogP contribution >= 0.6 is 27.3 Å². The normalized spacial score (nSPS) is 15.1. The molecule has 2 nitrogen and oxygen atoms in total. The Morgan fingerprint density at radius 3 is 2.87 bits per heavy atom. The zero-order valence-electron chi connectivity index (χ0n) is 8.96. The first-order chi connectivity index (χ1) is 7.13. The van der Waals surface area contributed by atoms with Crippen molar-refractivity contribution in [3.05, 3.63) is 20.8 Å². The van der Waals surface area contributed by atoms with Crippen molar-refractivity contribution < 1.29 is 4.21 Å². The highest BCUT2D eigenvalue weighted by Crippen LogP contribution is 2.26. The predicted molar refractivity (Wildman–Crippen MR) is 72.0 cm³/mol. The number of rotatable bonds is 6. The predicted octanol–water partition coefficient (Wildman–Crippen LogP) is 2.93. The summed E-state index contributed by atoms with van der Waals surface area (Å²) in [7, 11) is -0.663. The van der Waals surface area contributed by atoms with E-state index in [0.29, 0.717) is 6.04 Å². The van der Waals surface area contributed by atoms with Gasteiger partial charge in [-0.05, 0) is 35.0 Å². The van der Waals surface area contributed by atoms with E-state index < -0.39 is 10.8 Å². The topological polar surface area (TPSA) is 29.1 Å². The first-order valence-electron chi connectivity index (χ1n) is 4.97. The third-order valence-electron chi connectivity index (χ3n) is 2.12. The lowest BCUT2D eigenvalue weighted by atomic mass is 10.3. The van der Waals surface area contributed by atoms with E-state index in [1.165, 1.54) is 4.88 Å². The Kier molecular flexibility index (Phi) is 6.04. The molecular weight excluding hydrogens is 294 g/mol. The second kappa shape index (κ2) is 6.78. The molecule has 0 radical (unpaired) electrons. The molecule has 0 spiro atoms. The van der Waals surface area contributed by atoms with Crippen molar-refractivity contribution >= 4 is 38.1 Å². The van der Waals surface area contributed by atoms with E-state index >= 15 is 0 Å². The van der Waals surface area contributed by atoms with E-state index in [1.54, 1.807) is 11.3 Å². The van der Waals surface area contributed by atoms with Crippen molar-refractivity contribution in [2.45, 2.75) is 19.9 Å². The van der Waals surface area contributed by atoms with Crippen LogP contribution in [-0.2, 0) is 10.8 Å². The van der Waals surface area contributed by atoms with Gasteiger partial charge < -0.3 is 5.32 Å². The second-order valence-corrected chi connectivity index (χ2v) is 7.61. The minimum absolute atomic E-state index is 0.343. The zero-order valence-corrected chi connectivity index (χ0v) is 12.2. The molecule has 2 atom stereocenters. The molecule has 0 aromatic carbocycles. The number of halogens is 1. The van der Waals surface area contributed by atoms with Gasteiger partial charge in [-0.15, -0.1) is 11.3 Å². The van der Waals surface area contributed by atoms with Crippen LogP contribution in [0.4, 0.5) is 0 Å². The molecule has 1 aromatic rings. The third-order valence-corrected chi connectivity index (χ3v) is 5.23. The Bertz CT molecular complexity index is 327. The van der Waals surface area contributed by atoms with Crippen molar-refractivity contribution in [3.63, 3.8) is 0 Å². The van der Waals surface area contributed by atoms with Crippen LogP contribution in [0.15, 0.2) is 15.9 Å². The largest absolute Gasteiger partial charge is 0.309 e. The number of hydrogen-bond donors (Lipinski definition) is 1. The van der Waals surface area contributed by atoms with Crippen molar-refractivity contribution in [1.82, 2.24) is 5.32 Å². The molecule has 1 aromatic heterocycles. The van der Waals surface area contributed by atoms with Gasteiger partial charge in [0.2, 0.25) is 0 Å². The first kappa shape index (κ1) is 13.4. The molecule has 0 saturated carbocycles. The van der Waals surface area contributed by atoms with Gasteiger partial charge in [0, 0.05) is 39.8 Å². The number of thiophene rings is 1. The summed E-state index contributed by atoms with van der Waals surface area (Å²) in [5.41, 5.74) is 0. The molecule has 1 N–H and O–H groups in total. The van der Waals surface area contributed by atoms with Gasteiger partial charge in [-0.1, -0.05) is 6.92 Å². The Morgan fingerprint density at radius 2 is 2.33 bits per heavy atom. The molecular formula is C10H16BrNOS2. The minimum atomic E-state index is -0.663. The molecule has 2 unspecified atom stereocenters. The molecule has 0 aliphatic rings. The molecule has 0 amide bonds. The van der Waals surface area contributed by atoms with Crippen LogP contribution in [-0.4, -0.2) is 22.3 Å². The fraction of sp³-hybridized carbons (Fsp3) is 0.600. The van der Waals surface area contributed by atoms with Gasteiger partial charge in [-0.3, -0.25) is 4.21 Å². The van der Waals surface area contributed by atoms with E-state index in [1.807, 2.05) is 6.92 Å². The van der Waals surface area contributed by atoms with Gasteiger partial charge in [0.05, 0.1) is 3.79 Å². The Hall–Kier alpha value is 0.290. The molecule has 0 saturated heterocycles. The number of nitrogens with one attached hydrogen (secondary N) is 1. The van der Waals surface area contributed by atoms with Gasteiger partial charge in [0.1, 0.15) is 0 Å². The quantitative estimate of drug-likeness (QED) is 0.875. The molecule has 1 rings (SSSR count). The van der Waals surface area contributed by atoms with Gasteiger partial charge in [-0.2, -0.15) is 0 Å². The van der Waals surface area contributed by atoms with Crippen LogP contribution < -0.4 is 5.32 Å². The lowest BCUT2D eigenvalue weighted by Crippen LogP contribution is -2.23. The maximum absolute atomic E-state index is 11.2. The fourth-order valence-corrected chi connectivity index (χ4v) is 3.28. The SMILES string of the molecule is CCS(=O)CCNC(C)c1ccc(Br)s1. The lowest BCUT2D eigenvalue weighted by Gasteiger charge is -2.11. The Balaban J connectivity index is 2.30. The summed E-state index contributed by atoms with van der Waals surface area (Å²) in [5.74, 6) is 1.49. The van der Waals surface area contributed by atoms with Gasteiger partial charge in [-0.25, -0.2) is 0 Å². The van der Waals surface area contributed by atoms with E-state index in [2.05, 4.69) is 40.3 Å². The van der Waals surface area contributed by atoms with Crippen LogP contribution in [0.25, 0.3) is 0 Å². The molecule has 5 heteroatoms. The average Bonchev–Trinajstić information content (AvgIpc) is 2.64. The molecule has 0 aliphatic heterocycles. The molecule has 0 aliphatic carbocycles. The Labute approximate surface area is 106 Å². The smallest absolute Gasteiger partial charge is 0.0701 e. The summed E-state index contributed by atoms with van der Waals surface area (Å²) in [4.78, 5) is 1.31. The minimum Gasteiger partial charge on any atom is -0.309 e. The van der Waals surface area contributed by atoms with Crippen LogP contribution in [0.2, 0.25) is 0 Å². The zero-order chi connectivity index (χ0) is 11.3. The third kappa shape index (κ3) is 4.76. The van der Waals surface area contributed by atoms with Crippen molar-refractivity contribution in [3.8, 4) is 0 Å². The summed E-state index contributed by atoms with van der Waals surface area (Å²) in [6.07, 6.45) is 0. The van der Waals surface area contributed by atoms with Crippen LogP contribution in [0.3, 0.4) is 0 Å². The molecule has 15 heavy (non-hydrogen) atoms. The van der Waals surface area contributed by atoms with Gasteiger partial charge in [0.15, 0.2) is 0 Å². The second-order valence-electron chi connectivity index (χ2n) is 3.25. The van der Waals surface area contributed by atoms with Gasteiger partial charge in [0.25, 0.3) is 0 Å². The number of hydrogen-bond acceptors (Lipinski definition) is 3. The van der Waals surface area contributed by atoms with Crippen LogP contribution in [0.5, 0.6) is 0 Å². The molecule has 1 heterocycles. The van der Waals surface area contributed by atoms with Crippen molar-refractivity contribution in [1.29, 1.82) is 0 Å². The maximum Gasteiger partial charge on any atom is 0.0701 e. The lowest BCUT2D eigenvalue weighted by molar-refractivity contribution is 0.605. The molecule has 0 bridgehead atoms. The highest BCUT2D eigenvalue weighted by Gasteiger charge is 2.07. The summed E-state index contributed by atoms with van der Waals surface area (Å²) in [6, 6.07) is 4.51. The highest BCUT2D eigenvalue weighted by atomic mass is 79.9. The first-order valence-corrected chi connectivity index (χ1v) is 8.06. The summed E-state index contributed by atoms with van der Waals surface area (Å²) in [5, 5.41) is 3.37. The van der Waals surface area contributed by atoms with Crippen molar-refractivity contribution in [2.24, 2.45) is 0 Å². The summed E-state index contributed by atoms with van der Waals surface area (Å²) in [6.45, 7) is 4.90. The molecule has 86 valence electrons. The van der Waals surface area contributed by atoms with E-state index in [-0.39, 0.29) is 0 Å². The highest BCUT2D eigenvalue weighted by molar-refractivity contribution is 9.11. The van der Waals surface area contributed by atoms with E-state index in [0.717, 1.165) is 21.8 Å². The van der Waals surface area contributed by atoms with Gasteiger partial charge >= 0.3 is 0 Å². The van der Waals surface area contributed by atoms with Crippen LogP contribution in [0, 0.1) is 0 Å². The Morgan fingerprint density at radius 1 is 1.60 bits per heavy atom. The maximum atomic E-state index is 11.2. The molecule has 0 fully saturated rings. The summed E-state index contributed by atoms with van der Waals surface area (Å²) < 4.78 is 12.4. The average molecular weight is 310 g/mol. The standard InChI is InChI=1S/C10H16BrNOS2/c1-3-15(13)7-6-12-8(2)9-4-5-10(11)14-9/h4-5,8,12H,3,6-7H2,1-2H3. The summed E-state index contributed by atoms with van der Waals surface area (Å²) >= 11 is 5.18.